The zero-order valence-corrected chi connectivity index (χ0v) is 18.5. The Kier molecular flexibility index (Phi) is 7.25. The molecule has 3 rings (SSSR count). The molecule has 6 heteroatoms. The van der Waals surface area contributed by atoms with Gasteiger partial charge >= 0.3 is 0 Å². The summed E-state index contributed by atoms with van der Waals surface area (Å²) in [6.45, 7) is 4.41. The molecular weight excluding hydrogens is 396 g/mol. The largest absolute Gasteiger partial charge is 0.493 e. The zero-order chi connectivity index (χ0) is 21.5. The molecule has 1 atom stereocenters. The molecular formula is C24H26N2O3S. The lowest BCUT2D eigenvalue weighted by molar-refractivity contribution is -0.111. The summed E-state index contributed by atoms with van der Waals surface area (Å²) in [6, 6.07) is 13.9. The first-order valence-corrected chi connectivity index (χ1v) is 10.7. The molecule has 1 amide bonds. The monoisotopic (exact) mass is 422 g/mol. The lowest BCUT2D eigenvalue weighted by Crippen LogP contribution is -2.07. The number of anilines is 1. The van der Waals surface area contributed by atoms with Crippen molar-refractivity contribution in [1.29, 1.82) is 0 Å². The third-order valence-electron chi connectivity index (χ3n) is 4.96. The van der Waals surface area contributed by atoms with Gasteiger partial charge in [0, 0.05) is 17.0 Å². The number of carbonyl (C=O) groups excluding carboxylic acids is 1. The highest BCUT2D eigenvalue weighted by molar-refractivity contribution is 7.14. The maximum Gasteiger partial charge on any atom is 0.250 e. The van der Waals surface area contributed by atoms with E-state index < -0.39 is 0 Å². The minimum absolute atomic E-state index is 0.238. The number of hydrogen-bond donors (Lipinski definition) is 1. The summed E-state index contributed by atoms with van der Waals surface area (Å²) in [5, 5.41) is 5.34. The number of hydrogen-bond acceptors (Lipinski definition) is 5. The molecule has 1 aromatic heterocycles. The van der Waals surface area contributed by atoms with Gasteiger partial charge in [-0.1, -0.05) is 44.2 Å². The summed E-state index contributed by atoms with van der Waals surface area (Å²) in [5.41, 5.74) is 4.06. The van der Waals surface area contributed by atoms with Gasteiger partial charge in [-0.2, -0.15) is 0 Å². The fraction of sp³-hybridized carbons (Fsp3) is 0.250. The summed E-state index contributed by atoms with van der Waals surface area (Å²) in [6.07, 6.45) is 4.31. The van der Waals surface area contributed by atoms with E-state index in [0.29, 0.717) is 22.5 Å². The minimum atomic E-state index is -0.238. The van der Waals surface area contributed by atoms with Crippen LogP contribution in [0.5, 0.6) is 11.5 Å². The van der Waals surface area contributed by atoms with E-state index >= 15 is 0 Å². The Labute approximate surface area is 181 Å². The summed E-state index contributed by atoms with van der Waals surface area (Å²) < 4.78 is 10.5. The SMILES string of the molecule is CCC(C)c1ccc(-c2csc(NC(=O)/C=C/c3ccc(OC)c(OC)c3)n2)cc1. The lowest BCUT2D eigenvalue weighted by atomic mass is 9.97. The molecule has 30 heavy (non-hydrogen) atoms. The van der Waals surface area contributed by atoms with Crippen LogP contribution in [0, 0.1) is 0 Å². The Morgan fingerprint density at radius 2 is 1.87 bits per heavy atom. The Hall–Kier alpha value is -3.12. The van der Waals surface area contributed by atoms with Crippen molar-refractivity contribution in [3.8, 4) is 22.8 Å². The summed E-state index contributed by atoms with van der Waals surface area (Å²) in [7, 11) is 3.17. The molecule has 0 aliphatic rings. The van der Waals surface area contributed by atoms with Gasteiger partial charge in [0.15, 0.2) is 16.6 Å². The first-order chi connectivity index (χ1) is 14.5. The molecule has 0 bridgehead atoms. The molecule has 1 heterocycles. The Morgan fingerprint density at radius 3 is 2.53 bits per heavy atom. The fourth-order valence-corrected chi connectivity index (χ4v) is 3.68. The maximum absolute atomic E-state index is 12.3. The third-order valence-corrected chi connectivity index (χ3v) is 5.71. The van der Waals surface area contributed by atoms with Gasteiger partial charge in [0.05, 0.1) is 19.9 Å². The molecule has 0 radical (unpaired) electrons. The van der Waals surface area contributed by atoms with E-state index in [4.69, 9.17) is 9.47 Å². The second kappa shape index (κ2) is 10.1. The summed E-state index contributed by atoms with van der Waals surface area (Å²) >= 11 is 1.41. The van der Waals surface area contributed by atoms with Crippen molar-refractivity contribution in [3.05, 3.63) is 65.0 Å². The normalized spacial score (nSPS) is 12.0. The van der Waals surface area contributed by atoms with Crippen molar-refractivity contribution in [1.82, 2.24) is 4.98 Å². The molecule has 5 nitrogen and oxygen atoms in total. The molecule has 0 saturated heterocycles. The van der Waals surface area contributed by atoms with Crippen molar-refractivity contribution in [2.45, 2.75) is 26.2 Å². The lowest BCUT2D eigenvalue weighted by Gasteiger charge is -2.08. The summed E-state index contributed by atoms with van der Waals surface area (Å²) in [5.74, 6) is 1.56. The van der Waals surface area contributed by atoms with E-state index in [9.17, 15) is 4.79 Å². The van der Waals surface area contributed by atoms with Crippen LogP contribution < -0.4 is 14.8 Å². The molecule has 0 aliphatic heterocycles. The number of rotatable bonds is 8. The van der Waals surface area contributed by atoms with Crippen LogP contribution in [0.2, 0.25) is 0 Å². The number of carbonyl (C=O) groups is 1. The number of nitrogens with one attached hydrogen (secondary N) is 1. The van der Waals surface area contributed by atoms with E-state index in [2.05, 4.69) is 48.4 Å². The number of methoxy groups -OCH3 is 2. The quantitative estimate of drug-likeness (QED) is 0.453. The third kappa shape index (κ3) is 5.27. The number of amides is 1. The predicted molar refractivity (Wildman–Crippen MR) is 123 cm³/mol. The second-order valence-electron chi connectivity index (χ2n) is 6.91. The van der Waals surface area contributed by atoms with Gasteiger partial charge in [-0.3, -0.25) is 10.1 Å². The first kappa shape index (κ1) is 21.6. The van der Waals surface area contributed by atoms with E-state index in [1.807, 2.05) is 17.5 Å². The molecule has 0 spiro atoms. The molecule has 1 unspecified atom stereocenters. The molecule has 0 saturated carbocycles. The van der Waals surface area contributed by atoms with Gasteiger partial charge in [-0.05, 0) is 41.7 Å². The topological polar surface area (TPSA) is 60.5 Å². The van der Waals surface area contributed by atoms with Crippen LogP contribution in [0.4, 0.5) is 5.13 Å². The van der Waals surface area contributed by atoms with E-state index in [0.717, 1.165) is 23.2 Å². The number of aromatic nitrogens is 1. The van der Waals surface area contributed by atoms with Gasteiger partial charge in [0.1, 0.15) is 0 Å². The van der Waals surface area contributed by atoms with E-state index in [-0.39, 0.29) is 5.91 Å². The molecule has 156 valence electrons. The molecule has 1 N–H and O–H groups in total. The summed E-state index contributed by atoms with van der Waals surface area (Å²) in [4.78, 5) is 16.8. The second-order valence-corrected chi connectivity index (χ2v) is 7.76. The predicted octanol–water partition coefficient (Wildman–Crippen LogP) is 5.99. The Balaban J connectivity index is 1.64. The van der Waals surface area contributed by atoms with E-state index in [1.165, 1.54) is 23.0 Å². The van der Waals surface area contributed by atoms with Crippen molar-refractivity contribution in [2.24, 2.45) is 0 Å². The molecule has 0 aliphatic carbocycles. The number of ether oxygens (including phenoxy) is 2. The van der Waals surface area contributed by atoms with Crippen LogP contribution in [0.1, 0.15) is 37.3 Å². The van der Waals surface area contributed by atoms with Crippen molar-refractivity contribution in [3.63, 3.8) is 0 Å². The number of benzene rings is 2. The van der Waals surface area contributed by atoms with Crippen LogP contribution in [0.3, 0.4) is 0 Å². The molecule has 3 aromatic rings. The minimum Gasteiger partial charge on any atom is -0.493 e. The average Bonchev–Trinajstić information content (AvgIpc) is 3.25. The highest BCUT2D eigenvalue weighted by Crippen LogP contribution is 2.29. The average molecular weight is 423 g/mol. The van der Waals surface area contributed by atoms with Crippen LogP contribution in [-0.2, 0) is 4.79 Å². The molecule has 0 fully saturated rings. The van der Waals surface area contributed by atoms with Crippen LogP contribution in [-0.4, -0.2) is 25.1 Å². The van der Waals surface area contributed by atoms with Crippen molar-refractivity contribution >= 4 is 28.5 Å². The van der Waals surface area contributed by atoms with Crippen molar-refractivity contribution < 1.29 is 14.3 Å². The zero-order valence-electron chi connectivity index (χ0n) is 17.6. The smallest absolute Gasteiger partial charge is 0.250 e. The maximum atomic E-state index is 12.3. The molecule has 2 aromatic carbocycles. The van der Waals surface area contributed by atoms with Gasteiger partial charge in [0.25, 0.3) is 0 Å². The van der Waals surface area contributed by atoms with E-state index in [1.54, 1.807) is 26.4 Å². The first-order valence-electron chi connectivity index (χ1n) is 9.81. The number of thiazole rings is 1. The van der Waals surface area contributed by atoms with Gasteiger partial charge < -0.3 is 9.47 Å². The number of nitrogens with zero attached hydrogens (tertiary/aromatic N) is 1. The van der Waals surface area contributed by atoms with Gasteiger partial charge in [-0.25, -0.2) is 4.98 Å². The fourth-order valence-electron chi connectivity index (χ4n) is 2.96. The van der Waals surface area contributed by atoms with Gasteiger partial charge in [0.2, 0.25) is 5.91 Å². The van der Waals surface area contributed by atoms with Crippen LogP contribution in [0.15, 0.2) is 53.9 Å². The standard InChI is InChI=1S/C24H26N2O3S/c1-5-16(2)18-8-10-19(11-9-18)20-15-30-24(25-20)26-23(27)13-7-17-6-12-21(28-3)22(14-17)29-4/h6-16H,5H2,1-4H3,(H,25,26,27)/b13-7+. The van der Waals surface area contributed by atoms with Crippen LogP contribution in [0.25, 0.3) is 17.3 Å². The highest BCUT2D eigenvalue weighted by atomic mass is 32.1. The Morgan fingerprint density at radius 1 is 1.13 bits per heavy atom. The van der Waals surface area contributed by atoms with Gasteiger partial charge in [-0.15, -0.1) is 11.3 Å². The van der Waals surface area contributed by atoms with Crippen LogP contribution >= 0.6 is 11.3 Å². The van der Waals surface area contributed by atoms with Crippen molar-refractivity contribution in [2.75, 3.05) is 19.5 Å². The Bertz CT molecular complexity index is 1030. The highest BCUT2D eigenvalue weighted by Gasteiger charge is 2.08.